The van der Waals surface area contributed by atoms with Crippen molar-refractivity contribution in [3.05, 3.63) is 101 Å². The molecule has 0 spiro atoms. The van der Waals surface area contributed by atoms with Crippen molar-refractivity contribution in [3.63, 3.8) is 0 Å². The lowest BCUT2D eigenvalue weighted by molar-refractivity contribution is 0.444. The second kappa shape index (κ2) is 8.33. The first-order chi connectivity index (χ1) is 13.3. The maximum atomic E-state index is 5.65. The number of benzene rings is 2. The fraction of sp³-hybridized carbons (Fsp3) is 0.174. The molecule has 136 valence electrons. The third-order valence-corrected chi connectivity index (χ3v) is 5.55. The van der Waals surface area contributed by atoms with E-state index in [0.29, 0.717) is 6.54 Å². The summed E-state index contributed by atoms with van der Waals surface area (Å²) in [5.74, 6) is 0.909. The van der Waals surface area contributed by atoms with E-state index in [-0.39, 0.29) is 6.04 Å². The van der Waals surface area contributed by atoms with Crippen LogP contribution >= 0.6 is 11.3 Å². The Balaban J connectivity index is 1.49. The second-order valence-electron chi connectivity index (χ2n) is 6.43. The zero-order valence-electron chi connectivity index (χ0n) is 15.3. The number of aromatic nitrogens is 1. The van der Waals surface area contributed by atoms with Crippen molar-refractivity contribution in [3.8, 4) is 10.6 Å². The van der Waals surface area contributed by atoms with E-state index in [0.717, 1.165) is 22.9 Å². The molecular weight excluding hydrogens is 352 g/mol. The highest BCUT2D eigenvalue weighted by Gasteiger charge is 2.16. The zero-order valence-corrected chi connectivity index (χ0v) is 16.1. The summed E-state index contributed by atoms with van der Waals surface area (Å²) in [7, 11) is 0. The average molecular weight is 375 g/mol. The van der Waals surface area contributed by atoms with E-state index in [1.165, 1.54) is 16.7 Å². The number of nitrogens with one attached hydrogen (secondary N) is 1. The quantitative estimate of drug-likeness (QED) is 0.441. The summed E-state index contributed by atoms with van der Waals surface area (Å²) in [5, 5.41) is 6.77. The van der Waals surface area contributed by atoms with Crippen LogP contribution in [0.25, 0.3) is 10.6 Å². The van der Waals surface area contributed by atoms with E-state index in [4.69, 9.17) is 9.40 Å². The third-order valence-electron chi connectivity index (χ3n) is 4.61. The Labute approximate surface area is 163 Å². The predicted molar refractivity (Wildman–Crippen MR) is 111 cm³/mol. The molecule has 0 aliphatic carbocycles. The second-order valence-corrected chi connectivity index (χ2v) is 7.29. The summed E-state index contributed by atoms with van der Waals surface area (Å²) in [6.07, 6.45) is 2.77. The molecule has 2 heterocycles. The Morgan fingerprint density at radius 1 is 1.00 bits per heavy atom. The van der Waals surface area contributed by atoms with E-state index < -0.39 is 0 Å². The molecule has 0 aliphatic heterocycles. The molecule has 0 unspecified atom stereocenters. The maximum Gasteiger partial charge on any atom is 0.125 e. The lowest BCUT2D eigenvalue weighted by Gasteiger charge is -2.16. The van der Waals surface area contributed by atoms with E-state index in [2.05, 4.69) is 54.0 Å². The van der Waals surface area contributed by atoms with Gasteiger partial charge in [0.2, 0.25) is 0 Å². The van der Waals surface area contributed by atoms with Crippen LogP contribution in [0.5, 0.6) is 0 Å². The molecule has 4 rings (SSSR count). The van der Waals surface area contributed by atoms with Gasteiger partial charge in [0, 0.05) is 17.5 Å². The van der Waals surface area contributed by atoms with Gasteiger partial charge >= 0.3 is 0 Å². The first-order valence-corrected chi connectivity index (χ1v) is 10.1. The minimum absolute atomic E-state index is 0.00943. The van der Waals surface area contributed by atoms with Crippen molar-refractivity contribution in [1.29, 1.82) is 0 Å². The van der Waals surface area contributed by atoms with Gasteiger partial charge in [0.15, 0.2) is 0 Å². The van der Waals surface area contributed by atoms with Gasteiger partial charge in [-0.15, -0.1) is 11.3 Å². The van der Waals surface area contributed by atoms with E-state index in [1.807, 2.05) is 30.3 Å². The summed E-state index contributed by atoms with van der Waals surface area (Å²) in [6, 6.07) is 23.0. The molecule has 4 aromatic rings. The number of furan rings is 1. The molecule has 1 atom stereocenters. The summed E-state index contributed by atoms with van der Waals surface area (Å²) in [6.45, 7) is 2.86. The first kappa shape index (κ1) is 17.7. The highest BCUT2D eigenvalue weighted by molar-refractivity contribution is 7.13. The van der Waals surface area contributed by atoms with Gasteiger partial charge in [0.25, 0.3) is 0 Å². The Morgan fingerprint density at radius 2 is 1.81 bits per heavy atom. The van der Waals surface area contributed by atoms with Gasteiger partial charge in [0.1, 0.15) is 10.8 Å². The lowest BCUT2D eigenvalue weighted by Crippen LogP contribution is -2.21. The number of aryl methyl sites for hydroxylation is 1. The number of rotatable bonds is 7. The van der Waals surface area contributed by atoms with Gasteiger partial charge in [-0.25, -0.2) is 4.98 Å². The molecule has 4 heteroatoms. The Morgan fingerprint density at radius 3 is 2.52 bits per heavy atom. The van der Waals surface area contributed by atoms with E-state index in [9.17, 15) is 0 Å². The molecule has 2 aromatic heterocycles. The molecule has 0 bridgehead atoms. The van der Waals surface area contributed by atoms with Crippen molar-refractivity contribution in [2.24, 2.45) is 0 Å². The molecule has 0 saturated heterocycles. The normalized spacial score (nSPS) is 12.2. The Kier molecular flexibility index (Phi) is 5.47. The summed E-state index contributed by atoms with van der Waals surface area (Å²) in [4.78, 5) is 4.81. The minimum atomic E-state index is 0.00943. The van der Waals surface area contributed by atoms with Gasteiger partial charge in [0.05, 0.1) is 18.0 Å². The molecule has 0 saturated carbocycles. The standard InChI is InChI=1S/C23H22N2OS/c1-2-17-10-12-19(13-11-17)23-25-20(16-27-23)15-24-22(21-9-6-14-26-21)18-7-4-3-5-8-18/h3-14,16,22,24H,2,15H2,1H3/t22-/m1/s1. The SMILES string of the molecule is CCc1ccc(-c2nc(CN[C@H](c3ccccc3)c3ccco3)cs2)cc1. The molecule has 3 nitrogen and oxygen atoms in total. The van der Waals surface area contributed by atoms with E-state index >= 15 is 0 Å². The minimum Gasteiger partial charge on any atom is -0.467 e. The van der Waals surface area contributed by atoms with Crippen LogP contribution in [0.4, 0.5) is 0 Å². The molecule has 27 heavy (non-hydrogen) atoms. The summed E-state index contributed by atoms with van der Waals surface area (Å²) < 4.78 is 5.65. The summed E-state index contributed by atoms with van der Waals surface area (Å²) >= 11 is 1.69. The van der Waals surface area contributed by atoms with E-state index in [1.54, 1.807) is 17.6 Å². The van der Waals surface area contributed by atoms with Crippen LogP contribution in [0.3, 0.4) is 0 Å². The topological polar surface area (TPSA) is 38.1 Å². The van der Waals surface area contributed by atoms with Crippen LogP contribution in [0.15, 0.2) is 82.8 Å². The molecule has 1 N–H and O–H groups in total. The molecular formula is C23H22N2OS. The van der Waals surface area contributed by atoms with Gasteiger partial charge in [-0.2, -0.15) is 0 Å². The fourth-order valence-electron chi connectivity index (χ4n) is 3.09. The van der Waals surface area contributed by atoms with Crippen LogP contribution < -0.4 is 5.32 Å². The Bertz CT molecular complexity index is 959. The summed E-state index contributed by atoms with van der Waals surface area (Å²) in [5.41, 5.74) is 4.75. The number of hydrogen-bond acceptors (Lipinski definition) is 4. The van der Waals surface area contributed by atoms with Crippen molar-refractivity contribution in [1.82, 2.24) is 10.3 Å². The smallest absolute Gasteiger partial charge is 0.125 e. The van der Waals surface area contributed by atoms with Crippen molar-refractivity contribution >= 4 is 11.3 Å². The van der Waals surface area contributed by atoms with Gasteiger partial charge in [-0.3, -0.25) is 5.32 Å². The van der Waals surface area contributed by atoms with Crippen molar-refractivity contribution < 1.29 is 4.42 Å². The highest BCUT2D eigenvalue weighted by Crippen LogP contribution is 2.26. The largest absolute Gasteiger partial charge is 0.467 e. The molecule has 0 radical (unpaired) electrons. The monoisotopic (exact) mass is 374 g/mol. The molecule has 0 fully saturated rings. The van der Waals surface area contributed by atoms with Crippen LogP contribution in [0, 0.1) is 0 Å². The average Bonchev–Trinajstić information content (AvgIpc) is 3.42. The Hall–Kier alpha value is -2.69. The fourth-order valence-corrected chi connectivity index (χ4v) is 3.92. The molecule has 2 aromatic carbocycles. The van der Waals surface area contributed by atoms with Gasteiger partial charge in [-0.1, -0.05) is 61.5 Å². The first-order valence-electron chi connectivity index (χ1n) is 9.19. The predicted octanol–water partition coefficient (Wildman–Crippen LogP) is 5.84. The third kappa shape index (κ3) is 4.18. The van der Waals surface area contributed by atoms with Crippen LogP contribution in [-0.2, 0) is 13.0 Å². The van der Waals surface area contributed by atoms with Crippen molar-refractivity contribution in [2.45, 2.75) is 25.9 Å². The number of hydrogen-bond donors (Lipinski definition) is 1. The van der Waals surface area contributed by atoms with Crippen LogP contribution in [0.1, 0.15) is 35.5 Å². The maximum absolute atomic E-state index is 5.65. The van der Waals surface area contributed by atoms with Crippen molar-refractivity contribution in [2.75, 3.05) is 0 Å². The van der Waals surface area contributed by atoms with Gasteiger partial charge < -0.3 is 4.42 Å². The zero-order chi connectivity index (χ0) is 18.5. The van der Waals surface area contributed by atoms with Crippen LogP contribution in [0.2, 0.25) is 0 Å². The van der Waals surface area contributed by atoms with Crippen LogP contribution in [-0.4, -0.2) is 4.98 Å². The lowest BCUT2D eigenvalue weighted by atomic mass is 10.0. The highest BCUT2D eigenvalue weighted by atomic mass is 32.1. The molecule has 0 aliphatic rings. The molecule has 0 amide bonds. The van der Waals surface area contributed by atoms with Gasteiger partial charge in [-0.05, 0) is 29.7 Å². The number of nitrogens with zero attached hydrogens (tertiary/aromatic N) is 1. The number of thiazole rings is 1.